The van der Waals surface area contributed by atoms with Gasteiger partial charge in [0.1, 0.15) is 12.6 Å². The highest BCUT2D eigenvalue weighted by Crippen LogP contribution is 2.36. The van der Waals surface area contributed by atoms with Crippen LogP contribution in [0, 0.1) is 0 Å². The first-order chi connectivity index (χ1) is 11.6. The summed E-state index contributed by atoms with van der Waals surface area (Å²) in [6.07, 6.45) is 2.27. The second kappa shape index (κ2) is 6.92. The van der Waals surface area contributed by atoms with Crippen LogP contribution in [0.1, 0.15) is 23.0 Å². The molecule has 8 heteroatoms. The van der Waals surface area contributed by atoms with E-state index < -0.39 is 12.0 Å². The quantitative estimate of drug-likeness (QED) is 0.829. The number of amides is 2. The first-order valence-corrected chi connectivity index (χ1v) is 7.87. The highest BCUT2D eigenvalue weighted by molar-refractivity contribution is 6.31. The molecule has 3 rings (SSSR count). The molecule has 2 heterocycles. The molecular formula is C16H17ClN4O3. The molecule has 0 saturated heterocycles. The predicted molar refractivity (Wildman–Crippen MR) is 87.7 cm³/mol. The number of nitrogens with zero attached hydrogens (tertiary/aromatic N) is 2. The van der Waals surface area contributed by atoms with Crippen LogP contribution in [0.15, 0.2) is 30.6 Å². The molecule has 2 N–H and O–H groups in total. The maximum absolute atomic E-state index is 12.6. The van der Waals surface area contributed by atoms with Gasteiger partial charge in [-0.2, -0.15) is 0 Å². The van der Waals surface area contributed by atoms with Crippen molar-refractivity contribution in [3.05, 3.63) is 52.6 Å². The number of rotatable bonds is 3. The first kappa shape index (κ1) is 16.3. The summed E-state index contributed by atoms with van der Waals surface area (Å²) in [5.74, 6) is -0.505. The number of aromatic nitrogens is 2. The van der Waals surface area contributed by atoms with Crippen LogP contribution in [0.3, 0.4) is 0 Å². The third-order valence-electron chi connectivity index (χ3n) is 4.00. The summed E-state index contributed by atoms with van der Waals surface area (Å²) in [5, 5.41) is 3.14. The number of H-pyrrole nitrogens is 1. The first-order valence-electron chi connectivity index (χ1n) is 7.49. The lowest BCUT2D eigenvalue weighted by Gasteiger charge is -2.35. The molecule has 2 aromatic rings. The molecule has 1 aromatic carbocycles. The Morgan fingerprint density at radius 3 is 3.00 bits per heavy atom. The van der Waals surface area contributed by atoms with E-state index in [9.17, 15) is 9.59 Å². The van der Waals surface area contributed by atoms with Gasteiger partial charge in [-0.3, -0.25) is 4.79 Å². The van der Waals surface area contributed by atoms with Crippen LogP contribution in [0.25, 0.3) is 0 Å². The van der Waals surface area contributed by atoms with Gasteiger partial charge in [-0.1, -0.05) is 29.8 Å². The molecule has 126 valence electrons. The minimum atomic E-state index is -0.505. The summed E-state index contributed by atoms with van der Waals surface area (Å²) in [6.45, 7) is 0.298. The third-order valence-corrected chi connectivity index (χ3v) is 4.34. The van der Waals surface area contributed by atoms with E-state index in [1.807, 2.05) is 18.2 Å². The lowest BCUT2D eigenvalue weighted by atomic mass is 9.96. The molecule has 0 radical (unpaired) electrons. The number of carbonyl (C=O) groups excluding carboxylic acids is 2. The number of nitrogens with one attached hydrogen (secondary N) is 2. The van der Waals surface area contributed by atoms with Crippen molar-refractivity contribution in [2.75, 3.05) is 20.2 Å². The summed E-state index contributed by atoms with van der Waals surface area (Å²) in [4.78, 5) is 33.0. The molecule has 0 saturated carbocycles. The monoisotopic (exact) mass is 348 g/mol. The van der Waals surface area contributed by atoms with E-state index in [2.05, 4.69) is 20.0 Å². The van der Waals surface area contributed by atoms with Crippen molar-refractivity contribution in [1.82, 2.24) is 20.2 Å². The second-order valence-electron chi connectivity index (χ2n) is 5.37. The van der Waals surface area contributed by atoms with E-state index in [-0.39, 0.29) is 12.6 Å². The number of imidazole rings is 1. The van der Waals surface area contributed by atoms with Gasteiger partial charge in [0, 0.05) is 23.7 Å². The normalized spacial score (nSPS) is 16.4. The molecule has 0 fully saturated rings. The fourth-order valence-electron chi connectivity index (χ4n) is 2.83. The summed E-state index contributed by atoms with van der Waals surface area (Å²) in [6, 6.07) is 6.58. The minimum absolute atomic E-state index is 0.186. The fraction of sp³-hybridized carbons (Fsp3) is 0.312. The molecule has 7 nitrogen and oxygen atoms in total. The van der Waals surface area contributed by atoms with Crippen molar-refractivity contribution in [1.29, 1.82) is 0 Å². The number of aromatic amines is 1. The van der Waals surface area contributed by atoms with Gasteiger partial charge in [0.25, 0.3) is 0 Å². The summed E-state index contributed by atoms with van der Waals surface area (Å²) in [7, 11) is 1.28. The number of benzene rings is 1. The number of esters is 1. The van der Waals surface area contributed by atoms with Crippen molar-refractivity contribution in [2.45, 2.75) is 12.5 Å². The molecule has 0 aliphatic carbocycles. The molecule has 2 amide bonds. The van der Waals surface area contributed by atoms with Gasteiger partial charge in [-0.25, -0.2) is 9.78 Å². The highest BCUT2D eigenvalue weighted by atomic mass is 35.5. The number of halogens is 1. The van der Waals surface area contributed by atoms with Crippen molar-refractivity contribution in [2.24, 2.45) is 0 Å². The fourth-order valence-corrected chi connectivity index (χ4v) is 3.07. The number of fused-ring (bicyclic) bond motifs is 1. The van der Waals surface area contributed by atoms with E-state index in [1.165, 1.54) is 7.11 Å². The minimum Gasteiger partial charge on any atom is -0.468 e. The van der Waals surface area contributed by atoms with Gasteiger partial charge < -0.3 is 19.9 Å². The number of carbonyl (C=O) groups is 2. The van der Waals surface area contributed by atoms with E-state index in [1.54, 1.807) is 17.3 Å². The van der Waals surface area contributed by atoms with Gasteiger partial charge in [-0.15, -0.1) is 0 Å². The van der Waals surface area contributed by atoms with Crippen LogP contribution in [0.4, 0.5) is 4.79 Å². The average molecular weight is 349 g/mol. The Labute approximate surface area is 144 Å². The molecule has 1 aliphatic heterocycles. The molecule has 0 spiro atoms. The average Bonchev–Trinajstić information content (AvgIpc) is 3.07. The molecular weight excluding hydrogens is 332 g/mol. The van der Waals surface area contributed by atoms with Gasteiger partial charge in [0.15, 0.2) is 0 Å². The number of ether oxygens (including phenoxy) is 1. The number of hydrogen-bond donors (Lipinski definition) is 2. The van der Waals surface area contributed by atoms with Crippen LogP contribution in [-0.2, 0) is 16.0 Å². The SMILES string of the molecule is COC(=O)CNC(=O)N1CCc2[nH]cnc2C1c1ccccc1Cl. The topological polar surface area (TPSA) is 87.3 Å². The molecule has 1 aliphatic rings. The number of hydrogen-bond acceptors (Lipinski definition) is 4. The van der Waals surface area contributed by atoms with E-state index >= 15 is 0 Å². The Balaban J connectivity index is 1.92. The Bertz CT molecular complexity index is 761. The van der Waals surface area contributed by atoms with Crippen molar-refractivity contribution < 1.29 is 14.3 Å². The van der Waals surface area contributed by atoms with Gasteiger partial charge in [-0.05, 0) is 11.6 Å². The van der Waals surface area contributed by atoms with E-state index in [4.69, 9.17) is 11.6 Å². The lowest BCUT2D eigenvalue weighted by molar-refractivity contribution is -0.139. The zero-order valence-corrected chi connectivity index (χ0v) is 13.8. The molecule has 0 bridgehead atoms. The van der Waals surface area contributed by atoms with Gasteiger partial charge in [0.2, 0.25) is 0 Å². The zero-order valence-electron chi connectivity index (χ0n) is 13.1. The van der Waals surface area contributed by atoms with Crippen LogP contribution in [-0.4, -0.2) is 47.1 Å². The zero-order chi connectivity index (χ0) is 17.1. The van der Waals surface area contributed by atoms with Gasteiger partial charge >= 0.3 is 12.0 Å². The standard InChI is InChI=1S/C16H17ClN4O3/c1-24-13(22)8-18-16(23)21-7-6-12-14(20-9-19-12)15(21)10-4-2-3-5-11(10)17/h2-5,9,15H,6-8H2,1H3,(H,18,23)(H,19,20). The van der Waals surface area contributed by atoms with Crippen molar-refractivity contribution in [3.8, 4) is 0 Å². The maximum atomic E-state index is 12.6. The van der Waals surface area contributed by atoms with Gasteiger partial charge in [0.05, 0.1) is 19.1 Å². The van der Waals surface area contributed by atoms with Crippen LogP contribution < -0.4 is 5.32 Å². The summed E-state index contributed by atoms with van der Waals surface area (Å²) >= 11 is 6.34. The molecule has 1 unspecified atom stereocenters. The lowest BCUT2D eigenvalue weighted by Crippen LogP contribution is -2.47. The van der Waals surface area contributed by atoms with Crippen molar-refractivity contribution in [3.63, 3.8) is 0 Å². The Morgan fingerprint density at radius 2 is 2.25 bits per heavy atom. The maximum Gasteiger partial charge on any atom is 0.325 e. The largest absolute Gasteiger partial charge is 0.468 e. The highest BCUT2D eigenvalue weighted by Gasteiger charge is 2.35. The number of urea groups is 1. The smallest absolute Gasteiger partial charge is 0.325 e. The molecule has 24 heavy (non-hydrogen) atoms. The molecule has 1 aromatic heterocycles. The van der Waals surface area contributed by atoms with Crippen LogP contribution >= 0.6 is 11.6 Å². The summed E-state index contributed by atoms with van der Waals surface area (Å²) in [5.41, 5.74) is 2.54. The molecule has 1 atom stereocenters. The Hall–Kier alpha value is -2.54. The Morgan fingerprint density at radius 1 is 1.46 bits per heavy atom. The summed E-state index contributed by atoms with van der Waals surface area (Å²) < 4.78 is 4.55. The van der Waals surface area contributed by atoms with E-state index in [0.29, 0.717) is 18.0 Å². The third kappa shape index (κ3) is 3.07. The number of methoxy groups -OCH3 is 1. The van der Waals surface area contributed by atoms with Crippen molar-refractivity contribution >= 4 is 23.6 Å². The predicted octanol–water partition coefficient (Wildman–Crippen LogP) is 1.89. The second-order valence-corrected chi connectivity index (χ2v) is 5.78. The van der Waals surface area contributed by atoms with E-state index in [0.717, 1.165) is 17.0 Å². The van der Waals surface area contributed by atoms with Crippen LogP contribution in [0.2, 0.25) is 5.02 Å². The Kier molecular flexibility index (Phi) is 4.71. The van der Waals surface area contributed by atoms with Crippen LogP contribution in [0.5, 0.6) is 0 Å².